The number of carbonyl (C=O) groups is 1. The summed E-state index contributed by atoms with van der Waals surface area (Å²) in [5, 5.41) is 1.99. The maximum Gasteiger partial charge on any atom is 0.264 e. The summed E-state index contributed by atoms with van der Waals surface area (Å²) in [6, 6.07) is 2.46. The van der Waals surface area contributed by atoms with E-state index in [0.717, 1.165) is 36.2 Å². The number of halogens is 1. The molecule has 1 saturated carbocycles. The summed E-state index contributed by atoms with van der Waals surface area (Å²) in [5.74, 6) is 0.826. The molecule has 0 spiro atoms. The van der Waals surface area contributed by atoms with Gasteiger partial charge in [-0.25, -0.2) is 0 Å². The molecule has 1 aliphatic carbocycles. The third-order valence-electron chi connectivity index (χ3n) is 3.37. The average Bonchev–Trinajstić information content (AvgIpc) is 2.67. The van der Waals surface area contributed by atoms with Gasteiger partial charge in [-0.2, -0.15) is 0 Å². The topological polar surface area (TPSA) is 20.3 Å². The van der Waals surface area contributed by atoms with Crippen molar-refractivity contribution in [3.63, 3.8) is 0 Å². The highest BCUT2D eigenvalue weighted by Gasteiger charge is 2.29. The monoisotopic (exact) mass is 271 g/mol. The highest BCUT2D eigenvalue weighted by Crippen LogP contribution is 2.28. The molecule has 0 radical (unpaired) electrons. The third kappa shape index (κ3) is 2.83. The van der Waals surface area contributed by atoms with Crippen LogP contribution in [0.1, 0.15) is 40.9 Å². The summed E-state index contributed by atoms with van der Waals surface area (Å²) in [6.45, 7) is 2.80. The number of rotatable bonds is 5. The van der Waals surface area contributed by atoms with Crippen LogP contribution in [0.15, 0.2) is 11.4 Å². The molecule has 4 heteroatoms. The van der Waals surface area contributed by atoms with E-state index in [1.165, 1.54) is 6.42 Å². The molecular weight excluding hydrogens is 254 g/mol. The molecule has 0 bridgehead atoms. The normalized spacial score (nSPS) is 15.6. The molecule has 1 aromatic heterocycles. The lowest BCUT2D eigenvalue weighted by Gasteiger charge is -2.37. The van der Waals surface area contributed by atoms with Gasteiger partial charge < -0.3 is 4.90 Å². The van der Waals surface area contributed by atoms with Gasteiger partial charge in [0.2, 0.25) is 0 Å². The zero-order chi connectivity index (χ0) is 12.3. The minimum absolute atomic E-state index is 0.201. The highest BCUT2D eigenvalue weighted by molar-refractivity contribution is 7.12. The van der Waals surface area contributed by atoms with Crippen LogP contribution in [-0.4, -0.2) is 29.3 Å². The lowest BCUT2D eigenvalue weighted by atomic mass is 9.91. The third-order valence-corrected chi connectivity index (χ3v) is 4.64. The fourth-order valence-electron chi connectivity index (χ4n) is 2.10. The van der Waals surface area contributed by atoms with Gasteiger partial charge >= 0.3 is 0 Å². The number of aryl methyl sites for hydroxylation is 1. The molecule has 0 N–H and O–H groups in total. The van der Waals surface area contributed by atoms with E-state index in [9.17, 15) is 4.79 Å². The maximum absolute atomic E-state index is 12.5. The van der Waals surface area contributed by atoms with Crippen LogP contribution in [0.25, 0.3) is 0 Å². The quantitative estimate of drug-likeness (QED) is 0.748. The van der Waals surface area contributed by atoms with Crippen LogP contribution in [0.4, 0.5) is 0 Å². The second kappa shape index (κ2) is 5.87. The van der Waals surface area contributed by atoms with Crippen molar-refractivity contribution in [2.45, 2.75) is 38.6 Å². The van der Waals surface area contributed by atoms with Crippen LogP contribution in [0.3, 0.4) is 0 Å². The van der Waals surface area contributed by atoms with Crippen LogP contribution in [-0.2, 0) is 0 Å². The van der Waals surface area contributed by atoms with Gasteiger partial charge in [-0.05, 0) is 49.6 Å². The highest BCUT2D eigenvalue weighted by atomic mass is 35.5. The predicted octanol–water partition coefficient (Wildman–Crippen LogP) is 3.68. The van der Waals surface area contributed by atoms with E-state index in [-0.39, 0.29) is 5.91 Å². The van der Waals surface area contributed by atoms with Gasteiger partial charge in [0.15, 0.2) is 0 Å². The SMILES string of the molecule is Cc1ccsc1C(=O)N(CCCCl)C1CCC1. The molecule has 0 unspecified atom stereocenters. The predicted molar refractivity (Wildman–Crippen MR) is 73.1 cm³/mol. The van der Waals surface area contributed by atoms with E-state index in [2.05, 4.69) is 0 Å². The first-order valence-corrected chi connectivity index (χ1v) is 7.56. The molecule has 1 fully saturated rings. The number of hydrogen-bond acceptors (Lipinski definition) is 2. The standard InChI is InChI=1S/C13H18ClNOS/c1-10-6-9-17-12(10)13(16)15(8-3-7-14)11-4-2-5-11/h6,9,11H,2-5,7-8H2,1H3. The average molecular weight is 272 g/mol. The van der Waals surface area contributed by atoms with Crippen molar-refractivity contribution in [1.82, 2.24) is 4.90 Å². The van der Waals surface area contributed by atoms with Crippen molar-refractivity contribution >= 4 is 28.8 Å². The van der Waals surface area contributed by atoms with Crippen LogP contribution in [0, 0.1) is 6.92 Å². The van der Waals surface area contributed by atoms with Crippen molar-refractivity contribution in [3.8, 4) is 0 Å². The van der Waals surface area contributed by atoms with Gasteiger partial charge in [-0.15, -0.1) is 22.9 Å². The summed E-state index contributed by atoms with van der Waals surface area (Å²) < 4.78 is 0. The van der Waals surface area contributed by atoms with Crippen molar-refractivity contribution in [1.29, 1.82) is 0 Å². The molecular formula is C13H18ClNOS. The Labute approximate surface area is 112 Å². The molecule has 17 heavy (non-hydrogen) atoms. The molecule has 2 rings (SSSR count). The number of nitrogens with zero attached hydrogens (tertiary/aromatic N) is 1. The second-order valence-corrected chi connectivity index (χ2v) is 5.85. The Balaban J connectivity index is 2.09. The number of carbonyl (C=O) groups excluding carboxylic acids is 1. The van der Waals surface area contributed by atoms with E-state index in [4.69, 9.17) is 11.6 Å². The van der Waals surface area contributed by atoms with Crippen molar-refractivity contribution in [2.24, 2.45) is 0 Å². The molecule has 0 aromatic carbocycles. The molecule has 2 nitrogen and oxygen atoms in total. The Bertz CT molecular complexity index is 387. The van der Waals surface area contributed by atoms with Gasteiger partial charge in [0.1, 0.15) is 0 Å². The first kappa shape index (κ1) is 12.9. The Morgan fingerprint density at radius 2 is 2.35 bits per heavy atom. The van der Waals surface area contributed by atoms with E-state index in [0.29, 0.717) is 11.9 Å². The largest absolute Gasteiger partial charge is 0.335 e. The summed E-state index contributed by atoms with van der Waals surface area (Å²) in [4.78, 5) is 15.4. The van der Waals surface area contributed by atoms with Crippen molar-refractivity contribution in [2.75, 3.05) is 12.4 Å². The number of amides is 1. The molecule has 0 saturated heterocycles. The number of thiophene rings is 1. The van der Waals surface area contributed by atoms with Crippen LogP contribution < -0.4 is 0 Å². The summed E-state index contributed by atoms with van der Waals surface area (Å²) >= 11 is 7.28. The smallest absolute Gasteiger partial charge is 0.264 e. The van der Waals surface area contributed by atoms with Crippen LogP contribution in [0.5, 0.6) is 0 Å². The molecule has 1 aliphatic rings. The van der Waals surface area contributed by atoms with E-state index >= 15 is 0 Å². The van der Waals surface area contributed by atoms with E-state index in [1.807, 2.05) is 23.3 Å². The van der Waals surface area contributed by atoms with Crippen molar-refractivity contribution in [3.05, 3.63) is 21.9 Å². The second-order valence-electron chi connectivity index (χ2n) is 4.56. The van der Waals surface area contributed by atoms with Gasteiger partial charge in [-0.3, -0.25) is 4.79 Å². The lowest BCUT2D eigenvalue weighted by molar-refractivity contribution is 0.0585. The Hall–Kier alpha value is -0.540. The summed E-state index contributed by atoms with van der Waals surface area (Å²) in [6.07, 6.45) is 4.43. The Morgan fingerprint density at radius 1 is 1.59 bits per heavy atom. The summed E-state index contributed by atoms with van der Waals surface area (Å²) in [7, 11) is 0. The molecule has 1 aromatic rings. The fraction of sp³-hybridized carbons (Fsp3) is 0.615. The molecule has 1 amide bonds. The van der Waals surface area contributed by atoms with E-state index < -0.39 is 0 Å². The van der Waals surface area contributed by atoms with Gasteiger partial charge in [0.25, 0.3) is 5.91 Å². The lowest BCUT2D eigenvalue weighted by Crippen LogP contribution is -2.44. The minimum Gasteiger partial charge on any atom is -0.335 e. The molecule has 0 atom stereocenters. The Morgan fingerprint density at radius 3 is 2.82 bits per heavy atom. The van der Waals surface area contributed by atoms with Crippen LogP contribution in [0.2, 0.25) is 0 Å². The number of alkyl halides is 1. The summed E-state index contributed by atoms with van der Waals surface area (Å²) in [5.41, 5.74) is 1.09. The van der Waals surface area contributed by atoms with Gasteiger partial charge in [0, 0.05) is 18.5 Å². The van der Waals surface area contributed by atoms with Gasteiger partial charge in [0.05, 0.1) is 4.88 Å². The van der Waals surface area contributed by atoms with Crippen LogP contribution >= 0.6 is 22.9 Å². The molecule has 94 valence electrons. The number of hydrogen-bond donors (Lipinski definition) is 0. The maximum atomic E-state index is 12.5. The zero-order valence-electron chi connectivity index (χ0n) is 10.1. The fourth-order valence-corrected chi connectivity index (χ4v) is 3.10. The zero-order valence-corrected chi connectivity index (χ0v) is 11.7. The van der Waals surface area contributed by atoms with E-state index in [1.54, 1.807) is 11.3 Å². The Kier molecular flexibility index (Phi) is 4.46. The first-order valence-electron chi connectivity index (χ1n) is 6.15. The molecule has 0 aliphatic heterocycles. The van der Waals surface area contributed by atoms with Crippen molar-refractivity contribution < 1.29 is 4.79 Å². The first-order chi connectivity index (χ1) is 8.24. The minimum atomic E-state index is 0.201. The molecule has 1 heterocycles. The van der Waals surface area contributed by atoms with Gasteiger partial charge in [-0.1, -0.05) is 0 Å².